The summed E-state index contributed by atoms with van der Waals surface area (Å²) in [6.07, 6.45) is 26.5. The van der Waals surface area contributed by atoms with Crippen LogP contribution in [0.15, 0.2) is 171 Å². The van der Waals surface area contributed by atoms with Crippen LogP contribution >= 0.6 is 0 Å². The van der Waals surface area contributed by atoms with E-state index in [1.54, 1.807) is 57.2 Å². The van der Waals surface area contributed by atoms with E-state index in [1.807, 2.05) is 60.9 Å². The lowest BCUT2D eigenvalue weighted by Crippen LogP contribution is -2.33. The maximum absolute atomic E-state index is 13.4. The van der Waals surface area contributed by atoms with Crippen molar-refractivity contribution in [3.05, 3.63) is 260 Å². The summed E-state index contributed by atoms with van der Waals surface area (Å²) in [6, 6.07) is 47.0. The van der Waals surface area contributed by atoms with E-state index in [0.29, 0.717) is 53.6 Å². The number of aliphatic hydroxyl groups is 3. The topological polar surface area (TPSA) is 188 Å². The maximum atomic E-state index is 13.4. The average molecular weight is 1490 g/mol. The summed E-state index contributed by atoms with van der Waals surface area (Å²) in [5.74, 6) is -0.523. The summed E-state index contributed by atoms with van der Waals surface area (Å²) < 4.78 is 15.3. The largest absolute Gasteiger partial charge is 0.385 e. The van der Waals surface area contributed by atoms with Gasteiger partial charge in [0.2, 0.25) is 0 Å². The first kappa shape index (κ1) is 73.2. The molecule has 0 amide bonds. The summed E-state index contributed by atoms with van der Waals surface area (Å²) >= 11 is 0. The highest BCUT2D eigenvalue weighted by molar-refractivity contribution is 6.00. The van der Waals surface area contributed by atoms with Gasteiger partial charge in [-0.2, -0.15) is 0 Å². The number of aliphatic hydroxyl groups excluding tert-OH is 3. The van der Waals surface area contributed by atoms with Crippen molar-refractivity contribution < 1.29 is 29.6 Å². The first-order valence-electron chi connectivity index (χ1n) is 41.2. The summed E-state index contributed by atoms with van der Waals surface area (Å²) in [6.45, 7) is 19.0. The van der Waals surface area contributed by atoms with E-state index in [4.69, 9.17) is 4.74 Å². The van der Waals surface area contributed by atoms with E-state index >= 15 is 0 Å². The highest BCUT2D eigenvalue weighted by Crippen LogP contribution is 2.49. The number of ether oxygens (including phenoxy) is 1. The highest BCUT2D eigenvalue weighted by Gasteiger charge is 2.42. The van der Waals surface area contributed by atoms with E-state index < -0.39 is 18.3 Å². The highest BCUT2D eigenvalue weighted by atomic mass is 16.5. The van der Waals surface area contributed by atoms with Gasteiger partial charge in [0.1, 0.15) is 18.5 Å². The van der Waals surface area contributed by atoms with Gasteiger partial charge in [-0.05, 0) is 236 Å². The number of nitrogens with zero attached hydrogens (tertiary/aromatic N) is 12. The van der Waals surface area contributed by atoms with Crippen molar-refractivity contribution in [3.63, 3.8) is 0 Å². The minimum absolute atomic E-state index is 0.0775. The van der Waals surface area contributed by atoms with Crippen molar-refractivity contribution in [1.29, 1.82) is 0 Å². The lowest BCUT2D eigenvalue weighted by Gasteiger charge is -2.31. The monoisotopic (exact) mass is 1480 g/mol. The Hall–Kier alpha value is -9.34. The number of aryl methyl sites for hydroxylation is 4. The van der Waals surface area contributed by atoms with Gasteiger partial charge in [0.25, 0.3) is 11.8 Å². The van der Waals surface area contributed by atoms with E-state index in [1.165, 1.54) is 168 Å². The van der Waals surface area contributed by atoms with E-state index in [9.17, 15) is 24.9 Å². The number of pyridine rings is 2. The average Bonchev–Trinajstić information content (AvgIpc) is 1.60. The Morgan fingerprint density at radius 3 is 1.22 bits per heavy atom. The van der Waals surface area contributed by atoms with Crippen LogP contribution < -0.4 is 0 Å². The molecule has 9 aliphatic rings. The summed E-state index contributed by atoms with van der Waals surface area (Å²) in [4.78, 5) is 53.6. The number of benzene rings is 5. The number of carbonyl (C=O) groups is 2. The summed E-state index contributed by atoms with van der Waals surface area (Å²) in [5, 5.41) is 37.5. The van der Waals surface area contributed by atoms with E-state index in [0.717, 1.165) is 106 Å². The molecular formula is C93H104N12O6. The number of aromatic nitrogens is 8. The standard InChI is InChI=1S/C27H33N3O.C23H24N2O2.C22H23N3O2.C21H24N4O/c1-19-8-9-23-22(17-19)27-24-7-4-15-29(24)16-12-25(27)30(23)18-26(20-10-13-28-14-11-20)31-21-5-2-3-6-21;1-15-9-10-18-17(14-15)21-19-8-5-12-24(19)13-11-20(21)25(18)23(27)22(26)16-6-3-2-4-7-16;1-14-4-5-17-16(13-14)20-18-3-2-11-24(18)12-8-19(20)25(17)22(27)21(26)15-6-9-23-10-7-15;1-14-4-5-17-15(11-14)21-18-3-2-9-24(18)10-7-19(21)25(17)12-20(26)16-6-8-22-13-23-16/h8-11,13-14,17,21,24,26H,2-7,12,15-16,18H2,1H3;2-4,6-7,9-10,14,19,22,26H,5,8,11-13H2,1H3;4-7,9-10,13,18,21,26H,2-3,8,11-12H2,1H3;4-6,8,11,13,18,20,26H,2-3,7,9-10,12H2,1H3. The summed E-state index contributed by atoms with van der Waals surface area (Å²) in [7, 11) is 0. The minimum atomic E-state index is -1.18. The van der Waals surface area contributed by atoms with Crippen molar-refractivity contribution in [2.45, 2.75) is 198 Å². The first-order chi connectivity index (χ1) is 54.3. The lowest BCUT2D eigenvalue weighted by atomic mass is 9.95. The fourth-order valence-corrected chi connectivity index (χ4v) is 20.9. The SMILES string of the molecule is Cc1ccc2c(c1)c1c(n2C(=O)C(O)c2ccccc2)CCN2CCCC12.Cc1ccc2c(c1)c1c(n2C(=O)C(O)c2ccncc2)CCN2CCCC12.Cc1ccc2c(c1)c1c(n2CC(O)c2ccncn2)CCN2CCCC12.Cc1ccc2c(c1)c1c(n2CC(OC2CCCC2)c2ccncc2)CCN2CCCC12. The molecule has 15 heterocycles. The van der Waals surface area contributed by atoms with Gasteiger partial charge in [0.15, 0.2) is 12.2 Å². The van der Waals surface area contributed by atoms with E-state index in [2.05, 4.69) is 143 Å². The third-order valence-corrected chi connectivity index (χ3v) is 26.0. The van der Waals surface area contributed by atoms with Crippen LogP contribution in [0.5, 0.6) is 0 Å². The van der Waals surface area contributed by atoms with Gasteiger partial charge in [-0.1, -0.05) is 89.7 Å². The normalized spacial score (nSPS) is 21.2. The number of hydrogen-bond acceptors (Lipinski definition) is 14. The molecule has 8 aliphatic heterocycles. The Morgan fingerprint density at radius 2 is 0.784 bits per heavy atom. The fourth-order valence-electron chi connectivity index (χ4n) is 20.9. The fraction of sp³-hybridized carbons (Fsp3) is 0.419. The Bertz CT molecular complexity index is 5230. The predicted molar refractivity (Wildman–Crippen MR) is 435 cm³/mol. The molecule has 21 rings (SSSR count). The third kappa shape index (κ3) is 13.9. The Morgan fingerprint density at radius 1 is 0.405 bits per heavy atom. The number of hydrogen-bond donors (Lipinski definition) is 3. The molecule has 0 bridgehead atoms. The Labute approximate surface area is 650 Å². The van der Waals surface area contributed by atoms with Gasteiger partial charge in [-0.3, -0.25) is 48.3 Å². The smallest absolute Gasteiger partial charge is 0.264 e. The van der Waals surface area contributed by atoms with Crippen molar-refractivity contribution in [1.82, 2.24) is 57.8 Å². The first-order valence-corrected chi connectivity index (χ1v) is 41.2. The molecule has 18 heteroatoms. The zero-order chi connectivity index (χ0) is 75.5. The molecule has 5 fully saturated rings. The molecule has 1 saturated carbocycles. The van der Waals surface area contributed by atoms with Gasteiger partial charge >= 0.3 is 0 Å². The maximum Gasteiger partial charge on any atom is 0.264 e. The molecule has 572 valence electrons. The molecule has 4 saturated heterocycles. The van der Waals surface area contributed by atoms with Gasteiger partial charge in [-0.15, -0.1) is 0 Å². The van der Waals surface area contributed by atoms with Crippen LogP contribution in [-0.4, -0.2) is 143 Å². The van der Waals surface area contributed by atoms with Crippen LogP contribution in [0.4, 0.5) is 0 Å². The molecule has 3 N–H and O–H groups in total. The van der Waals surface area contributed by atoms with Gasteiger partial charge in [-0.25, -0.2) is 9.97 Å². The van der Waals surface area contributed by atoms with Gasteiger partial charge < -0.3 is 29.2 Å². The second kappa shape index (κ2) is 31.3. The number of rotatable bonds is 12. The zero-order valence-corrected chi connectivity index (χ0v) is 64.7. The molecule has 0 spiro atoms. The Kier molecular flexibility index (Phi) is 20.6. The third-order valence-electron chi connectivity index (χ3n) is 26.0. The zero-order valence-electron chi connectivity index (χ0n) is 64.7. The predicted octanol–water partition coefficient (Wildman–Crippen LogP) is 16.3. The van der Waals surface area contributed by atoms with Crippen LogP contribution in [0.1, 0.15) is 225 Å². The van der Waals surface area contributed by atoms with Crippen molar-refractivity contribution in [2.75, 3.05) is 52.4 Å². The van der Waals surface area contributed by atoms with Crippen molar-refractivity contribution in [3.8, 4) is 0 Å². The quantitative estimate of drug-likeness (QED) is 0.105. The molecule has 8 unspecified atom stereocenters. The molecule has 5 aromatic carbocycles. The molecule has 12 aromatic rings. The summed E-state index contributed by atoms with van der Waals surface area (Å²) in [5.41, 5.74) is 23.5. The molecule has 18 nitrogen and oxygen atoms in total. The molecule has 1 aliphatic carbocycles. The number of carbonyl (C=O) groups excluding carboxylic acids is 2. The molecule has 0 radical (unpaired) electrons. The van der Waals surface area contributed by atoms with Crippen LogP contribution in [0.25, 0.3) is 43.6 Å². The van der Waals surface area contributed by atoms with Crippen molar-refractivity contribution >= 4 is 55.4 Å². The molecular weight excluding hydrogens is 1380 g/mol. The van der Waals surface area contributed by atoms with Gasteiger partial charge in [0.05, 0.1) is 35.9 Å². The van der Waals surface area contributed by atoms with Crippen LogP contribution in [0.2, 0.25) is 0 Å². The second-order valence-corrected chi connectivity index (χ2v) is 32.8. The molecule has 7 aromatic heterocycles. The van der Waals surface area contributed by atoms with E-state index in [-0.39, 0.29) is 17.9 Å². The second-order valence-electron chi connectivity index (χ2n) is 32.8. The van der Waals surface area contributed by atoms with Crippen LogP contribution in [-0.2, 0) is 43.5 Å². The Balaban J connectivity index is 0.000000104. The van der Waals surface area contributed by atoms with Crippen molar-refractivity contribution in [2.24, 2.45) is 0 Å². The van der Waals surface area contributed by atoms with Crippen LogP contribution in [0, 0.1) is 27.7 Å². The molecule has 111 heavy (non-hydrogen) atoms. The molecule has 8 atom stereocenters. The van der Waals surface area contributed by atoms with Crippen LogP contribution in [0.3, 0.4) is 0 Å². The van der Waals surface area contributed by atoms with Gasteiger partial charge in [0, 0.05) is 162 Å². The lowest BCUT2D eigenvalue weighted by molar-refractivity contribution is -0.0183. The minimum Gasteiger partial charge on any atom is -0.385 e. The number of fused-ring (bicyclic) bond motifs is 20.